The molecule has 0 saturated heterocycles. The quantitative estimate of drug-likeness (QED) is 0.850. The lowest BCUT2D eigenvalue weighted by molar-refractivity contribution is 0.218. The maximum absolute atomic E-state index is 5.45. The zero-order valence-corrected chi connectivity index (χ0v) is 11.9. The molecule has 2 heterocycles. The molecule has 19 heavy (non-hydrogen) atoms. The highest BCUT2D eigenvalue weighted by Gasteiger charge is 2.32. The van der Waals surface area contributed by atoms with Crippen LogP contribution in [0.3, 0.4) is 0 Å². The van der Waals surface area contributed by atoms with E-state index in [9.17, 15) is 0 Å². The normalized spacial score (nSPS) is 18.4. The van der Waals surface area contributed by atoms with E-state index in [1.54, 1.807) is 6.20 Å². The number of aromatic nitrogens is 4. The smallest absolute Gasteiger partial charge is 0.195 e. The first-order chi connectivity index (χ1) is 9.21. The molecule has 2 aromatic heterocycles. The molecule has 0 aliphatic heterocycles. The summed E-state index contributed by atoms with van der Waals surface area (Å²) < 4.78 is 2.90. The van der Waals surface area contributed by atoms with Gasteiger partial charge < -0.3 is 0 Å². The van der Waals surface area contributed by atoms with Crippen molar-refractivity contribution >= 4 is 12.2 Å². The molecule has 0 aromatic carbocycles. The molecule has 0 spiro atoms. The van der Waals surface area contributed by atoms with Crippen molar-refractivity contribution in [3.63, 3.8) is 0 Å². The van der Waals surface area contributed by atoms with Crippen LogP contribution in [-0.2, 0) is 5.54 Å². The zero-order valence-electron chi connectivity index (χ0n) is 11.1. The van der Waals surface area contributed by atoms with Crippen LogP contribution in [0.1, 0.15) is 39.0 Å². The van der Waals surface area contributed by atoms with E-state index in [1.165, 1.54) is 19.3 Å². The number of aromatic amines is 1. The first-order valence-corrected chi connectivity index (χ1v) is 7.20. The average molecular weight is 274 g/mol. The Morgan fingerprint density at radius 1 is 1.32 bits per heavy atom. The van der Waals surface area contributed by atoms with Gasteiger partial charge in [0.2, 0.25) is 0 Å². The monoisotopic (exact) mass is 274 g/mol. The molecule has 3 rings (SSSR count). The highest BCUT2D eigenvalue weighted by molar-refractivity contribution is 7.71. The highest BCUT2D eigenvalue weighted by Crippen LogP contribution is 2.37. The number of hydrogen-bond acceptors (Lipinski definition) is 3. The third kappa shape index (κ3) is 2.23. The summed E-state index contributed by atoms with van der Waals surface area (Å²) in [6.07, 6.45) is 9.78. The fraction of sp³-hybridized carbons (Fsp3) is 0.500. The predicted octanol–water partition coefficient (Wildman–Crippen LogP) is 3.68. The second kappa shape index (κ2) is 4.89. The summed E-state index contributed by atoms with van der Waals surface area (Å²) in [5.41, 5.74) is 1.09. The summed E-state index contributed by atoms with van der Waals surface area (Å²) >= 11 is 5.45. The second-order valence-corrected chi connectivity index (χ2v) is 5.87. The van der Waals surface area contributed by atoms with Crippen molar-refractivity contribution in [1.29, 1.82) is 0 Å². The molecule has 1 fully saturated rings. The van der Waals surface area contributed by atoms with Crippen LogP contribution in [0, 0.1) is 4.77 Å². The van der Waals surface area contributed by atoms with E-state index in [0.717, 1.165) is 24.2 Å². The van der Waals surface area contributed by atoms with Crippen molar-refractivity contribution in [1.82, 2.24) is 19.7 Å². The van der Waals surface area contributed by atoms with Gasteiger partial charge in [0.05, 0.1) is 0 Å². The number of nitrogens with zero attached hydrogens (tertiary/aromatic N) is 3. The minimum atomic E-state index is 0.0769. The summed E-state index contributed by atoms with van der Waals surface area (Å²) in [6.45, 7) is 2.29. The molecule has 0 amide bonds. The number of hydrogen-bond donors (Lipinski definition) is 1. The van der Waals surface area contributed by atoms with Gasteiger partial charge in [-0.05, 0) is 44.1 Å². The van der Waals surface area contributed by atoms with Crippen LogP contribution in [0.25, 0.3) is 11.4 Å². The Labute approximate surface area is 117 Å². The number of nitrogens with one attached hydrogen (secondary N) is 1. The van der Waals surface area contributed by atoms with Gasteiger partial charge in [-0.3, -0.25) is 14.6 Å². The van der Waals surface area contributed by atoms with Gasteiger partial charge in [0, 0.05) is 23.5 Å². The van der Waals surface area contributed by atoms with Crippen molar-refractivity contribution < 1.29 is 0 Å². The maximum atomic E-state index is 5.45. The van der Waals surface area contributed by atoms with Gasteiger partial charge in [0.1, 0.15) is 0 Å². The Morgan fingerprint density at radius 2 is 2.11 bits per heavy atom. The average Bonchev–Trinajstić information content (AvgIpc) is 2.83. The van der Waals surface area contributed by atoms with Crippen LogP contribution in [0.5, 0.6) is 0 Å². The van der Waals surface area contributed by atoms with Gasteiger partial charge in [-0.25, -0.2) is 0 Å². The van der Waals surface area contributed by atoms with Gasteiger partial charge in [0.15, 0.2) is 10.6 Å². The van der Waals surface area contributed by atoms with E-state index >= 15 is 0 Å². The molecule has 0 radical (unpaired) electrons. The summed E-state index contributed by atoms with van der Waals surface area (Å²) in [6, 6.07) is 3.96. The Bertz CT molecular complexity index is 608. The van der Waals surface area contributed by atoms with Crippen molar-refractivity contribution in [3.05, 3.63) is 29.3 Å². The first kappa shape index (κ1) is 12.5. The maximum Gasteiger partial charge on any atom is 0.195 e. The third-order valence-corrected chi connectivity index (χ3v) is 4.34. The van der Waals surface area contributed by atoms with Crippen molar-refractivity contribution in [3.8, 4) is 11.4 Å². The van der Waals surface area contributed by atoms with Crippen LogP contribution in [-0.4, -0.2) is 19.7 Å². The van der Waals surface area contributed by atoms with E-state index in [2.05, 4.69) is 26.7 Å². The van der Waals surface area contributed by atoms with E-state index in [0.29, 0.717) is 4.77 Å². The molecule has 1 N–H and O–H groups in total. The van der Waals surface area contributed by atoms with Gasteiger partial charge in [-0.1, -0.05) is 19.3 Å². The topological polar surface area (TPSA) is 46.5 Å². The summed E-state index contributed by atoms with van der Waals surface area (Å²) in [5, 5.41) is 7.36. The first-order valence-electron chi connectivity index (χ1n) is 6.79. The standard InChI is InChI=1S/C14H18N4S/c1-14(7-3-2-4-8-14)18-12(16-17-13(18)19)11-6-5-9-15-10-11/h5-6,9-10H,2-4,7-8H2,1H3,(H,17,19). The lowest BCUT2D eigenvalue weighted by Gasteiger charge is -2.35. The van der Waals surface area contributed by atoms with Crippen LogP contribution >= 0.6 is 12.2 Å². The largest absolute Gasteiger partial charge is 0.294 e. The molecule has 0 atom stereocenters. The van der Waals surface area contributed by atoms with Gasteiger partial charge >= 0.3 is 0 Å². The Balaban J connectivity index is 2.11. The summed E-state index contributed by atoms with van der Waals surface area (Å²) in [5.74, 6) is 0.905. The Morgan fingerprint density at radius 3 is 2.79 bits per heavy atom. The van der Waals surface area contributed by atoms with Crippen molar-refractivity contribution in [2.24, 2.45) is 0 Å². The highest BCUT2D eigenvalue weighted by atomic mass is 32.1. The van der Waals surface area contributed by atoms with Crippen LogP contribution in [0.4, 0.5) is 0 Å². The van der Waals surface area contributed by atoms with Crippen molar-refractivity contribution in [2.75, 3.05) is 0 Å². The molecular formula is C14H18N4S. The second-order valence-electron chi connectivity index (χ2n) is 5.49. The van der Waals surface area contributed by atoms with Crippen LogP contribution in [0.15, 0.2) is 24.5 Å². The fourth-order valence-corrected chi connectivity index (χ4v) is 3.38. The number of H-pyrrole nitrogens is 1. The molecular weight excluding hydrogens is 256 g/mol. The Hall–Kier alpha value is -1.49. The summed E-state index contributed by atoms with van der Waals surface area (Å²) in [4.78, 5) is 4.18. The zero-order chi connectivity index (χ0) is 13.3. The molecule has 1 aliphatic carbocycles. The van der Waals surface area contributed by atoms with E-state index < -0.39 is 0 Å². The van der Waals surface area contributed by atoms with E-state index in [-0.39, 0.29) is 5.54 Å². The fourth-order valence-electron chi connectivity index (χ4n) is 3.02. The minimum Gasteiger partial charge on any atom is -0.294 e. The minimum absolute atomic E-state index is 0.0769. The molecule has 4 nitrogen and oxygen atoms in total. The third-order valence-electron chi connectivity index (χ3n) is 4.06. The molecule has 100 valence electrons. The SMILES string of the molecule is CC1(n2c(-c3cccnc3)n[nH]c2=S)CCCCC1. The van der Waals surface area contributed by atoms with Crippen molar-refractivity contribution in [2.45, 2.75) is 44.6 Å². The lowest BCUT2D eigenvalue weighted by Crippen LogP contribution is -2.33. The predicted molar refractivity (Wildman–Crippen MR) is 77.4 cm³/mol. The molecule has 0 bridgehead atoms. The van der Waals surface area contributed by atoms with Crippen LogP contribution in [0.2, 0.25) is 0 Å². The molecule has 1 aliphatic rings. The summed E-state index contributed by atoms with van der Waals surface area (Å²) in [7, 11) is 0. The van der Waals surface area contributed by atoms with Gasteiger partial charge in [-0.15, -0.1) is 0 Å². The van der Waals surface area contributed by atoms with E-state index in [1.807, 2.05) is 18.3 Å². The van der Waals surface area contributed by atoms with Gasteiger partial charge in [0.25, 0.3) is 0 Å². The number of pyridine rings is 1. The molecule has 2 aromatic rings. The van der Waals surface area contributed by atoms with E-state index in [4.69, 9.17) is 12.2 Å². The molecule has 0 unspecified atom stereocenters. The lowest BCUT2D eigenvalue weighted by atomic mass is 9.83. The Kier molecular flexibility index (Phi) is 3.22. The molecule has 1 saturated carbocycles. The molecule has 5 heteroatoms. The van der Waals surface area contributed by atoms with Crippen LogP contribution < -0.4 is 0 Å². The van der Waals surface area contributed by atoms with Gasteiger partial charge in [-0.2, -0.15) is 5.10 Å². The number of rotatable bonds is 2.